The number of benzene rings is 3. The summed E-state index contributed by atoms with van der Waals surface area (Å²) < 4.78 is 0. The second kappa shape index (κ2) is 14.6. The van der Waals surface area contributed by atoms with Gasteiger partial charge in [0.25, 0.3) is 5.91 Å². The summed E-state index contributed by atoms with van der Waals surface area (Å²) in [7, 11) is 0. The zero-order valence-corrected chi connectivity index (χ0v) is 24.9. The molecular formula is C34H40N4O5. The van der Waals surface area contributed by atoms with E-state index >= 15 is 0 Å². The molecule has 0 spiro atoms. The predicted molar refractivity (Wildman–Crippen MR) is 164 cm³/mol. The van der Waals surface area contributed by atoms with E-state index in [0.29, 0.717) is 24.9 Å². The molecule has 0 unspecified atom stereocenters. The summed E-state index contributed by atoms with van der Waals surface area (Å²) in [5.74, 6) is -2.31. The lowest BCUT2D eigenvalue weighted by Gasteiger charge is -2.31. The lowest BCUT2D eigenvalue weighted by atomic mass is 9.90. The first-order chi connectivity index (χ1) is 20.6. The summed E-state index contributed by atoms with van der Waals surface area (Å²) in [6, 6.07) is 22.2. The van der Waals surface area contributed by atoms with E-state index in [9.17, 15) is 24.3 Å². The number of hydrogen-bond donors (Lipinski definition) is 4. The standard InChI is InChI=1S/C34H40N4O5/c1-22-16-17-28-19-27(22)15-10-18-35-29(40)21-38(20-23(2)36-33(42)31(24(3)39)37-32(28)41)34(43)30(25-11-6-4-7-12-25)26-13-8-5-9-14-26/h4-9,11-14,16-17,19,23-24,30-31,39H,10,15,18,20-21H2,1-3H3,(H,35,40)(H,36,42)(H,37,41)/t23-,24-,31+/m1/s1. The number of carbonyl (C=O) groups is 4. The largest absolute Gasteiger partial charge is 0.391 e. The first-order valence-corrected chi connectivity index (χ1v) is 14.7. The van der Waals surface area contributed by atoms with Crippen molar-refractivity contribution in [3.63, 3.8) is 0 Å². The molecule has 1 aliphatic heterocycles. The van der Waals surface area contributed by atoms with E-state index in [1.54, 1.807) is 19.1 Å². The van der Waals surface area contributed by atoms with Crippen molar-refractivity contribution < 1.29 is 24.3 Å². The molecule has 0 aromatic heterocycles. The molecule has 0 fully saturated rings. The normalized spacial score (nSPS) is 19.6. The Balaban J connectivity index is 1.65. The third kappa shape index (κ3) is 8.29. The van der Waals surface area contributed by atoms with Gasteiger partial charge in [-0.3, -0.25) is 19.2 Å². The lowest BCUT2D eigenvalue weighted by molar-refractivity contribution is -0.137. The van der Waals surface area contributed by atoms with E-state index in [0.717, 1.165) is 22.3 Å². The summed E-state index contributed by atoms with van der Waals surface area (Å²) in [6.45, 7) is 5.34. The molecule has 9 heteroatoms. The maximum Gasteiger partial charge on any atom is 0.252 e. The fraction of sp³-hybridized carbons (Fsp3) is 0.353. The van der Waals surface area contributed by atoms with Crippen molar-refractivity contribution in [3.05, 3.63) is 107 Å². The van der Waals surface area contributed by atoms with Gasteiger partial charge in [0, 0.05) is 24.7 Å². The summed E-state index contributed by atoms with van der Waals surface area (Å²) in [4.78, 5) is 55.3. The summed E-state index contributed by atoms with van der Waals surface area (Å²) in [5.41, 5.74) is 3.90. The highest BCUT2D eigenvalue weighted by molar-refractivity contribution is 5.98. The van der Waals surface area contributed by atoms with Gasteiger partial charge in [-0.15, -0.1) is 0 Å². The Bertz CT molecular complexity index is 1390. The van der Waals surface area contributed by atoms with Crippen LogP contribution < -0.4 is 16.0 Å². The van der Waals surface area contributed by atoms with Gasteiger partial charge in [-0.2, -0.15) is 0 Å². The van der Waals surface area contributed by atoms with Crippen LogP contribution in [0.2, 0.25) is 0 Å². The minimum atomic E-state index is -1.22. The maximum atomic E-state index is 14.3. The Morgan fingerprint density at radius 1 is 0.930 bits per heavy atom. The molecule has 0 radical (unpaired) electrons. The minimum absolute atomic E-state index is 0.0363. The number of rotatable bonds is 4. The topological polar surface area (TPSA) is 128 Å². The highest BCUT2D eigenvalue weighted by Gasteiger charge is 2.32. The molecule has 43 heavy (non-hydrogen) atoms. The zero-order valence-electron chi connectivity index (χ0n) is 24.9. The van der Waals surface area contributed by atoms with Crippen LogP contribution in [-0.2, 0) is 20.8 Å². The number of amides is 4. The van der Waals surface area contributed by atoms with Gasteiger partial charge < -0.3 is 26.0 Å². The molecular weight excluding hydrogens is 544 g/mol. The monoisotopic (exact) mass is 584 g/mol. The highest BCUT2D eigenvalue weighted by atomic mass is 16.3. The average Bonchev–Trinajstić information content (AvgIpc) is 2.99. The van der Waals surface area contributed by atoms with Crippen molar-refractivity contribution in [2.24, 2.45) is 0 Å². The number of aryl methyl sites for hydroxylation is 2. The summed E-state index contributed by atoms with van der Waals surface area (Å²) in [6.07, 6.45) is 0.0824. The van der Waals surface area contributed by atoms with Gasteiger partial charge in [0.2, 0.25) is 17.7 Å². The average molecular weight is 585 g/mol. The summed E-state index contributed by atoms with van der Waals surface area (Å²) in [5, 5.41) is 18.8. The van der Waals surface area contributed by atoms with Gasteiger partial charge in [0.1, 0.15) is 6.04 Å². The Hall–Kier alpha value is -4.50. The van der Waals surface area contributed by atoms with Crippen molar-refractivity contribution in [3.8, 4) is 0 Å². The SMILES string of the molecule is Cc1ccc2cc1CCCNC(=O)CN(C(=O)C(c1ccccc1)c1ccccc1)C[C@@H](C)NC(=O)[C@H]([C@@H](C)O)NC2=O. The van der Waals surface area contributed by atoms with E-state index in [4.69, 9.17) is 0 Å². The van der Waals surface area contributed by atoms with Crippen molar-refractivity contribution in [2.45, 2.75) is 57.7 Å². The van der Waals surface area contributed by atoms with E-state index in [-0.39, 0.29) is 24.9 Å². The molecule has 3 atom stereocenters. The molecule has 2 bridgehead atoms. The number of nitrogens with one attached hydrogen (secondary N) is 3. The van der Waals surface area contributed by atoms with Crippen molar-refractivity contribution >= 4 is 23.6 Å². The predicted octanol–water partition coefficient (Wildman–Crippen LogP) is 2.70. The van der Waals surface area contributed by atoms with Crippen LogP contribution in [0.5, 0.6) is 0 Å². The van der Waals surface area contributed by atoms with E-state index in [1.165, 1.54) is 11.8 Å². The van der Waals surface area contributed by atoms with Gasteiger partial charge >= 0.3 is 0 Å². The fourth-order valence-corrected chi connectivity index (χ4v) is 5.34. The van der Waals surface area contributed by atoms with E-state index in [1.807, 2.05) is 73.7 Å². The molecule has 9 nitrogen and oxygen atoms in total. The Kier molecular flexibility index (Phi) is 10.7. The molecule has 0 aliphatic carbocycles. The third-order valence-electron chi connectivity index (χ3n) is 7.65. The number of hydrogen-bond acceptors (Lipinski definition) is 5. The van der Waals surface area contributed by atoms with Gasteiger partial charge in [0.15, 0.2) is 0 Å². The Labute approximate surface area is 252 Å². The zero-order chi connectivity index (χ0) is 30.9. The fourth-order valence-electron chi connectivity index (χ4n) is 5.34. The number of carbonyl (C=O) groups excluding carboxylic acids is 4. The van der Waals surface area contributed by atoms with Gasteiger partial charge in [-0.25, -0.2) is 0 Å². The quantitative estimate of drug-likeness (QED) is 0.375. The molecule has 226 valence electrons. The number of aliphatic hydroxyl groups is 1. The molecule has 4 rings (SSSR count). The maximum absolute atomic E-state index is 14.3. The van der Waals surface area contributed by atoms with Crippen LogP contribution in [0.25, 0.3) is 0 Å². The number of nitrogens with zero attached hydrogens (tertiary/aromatic N) is 1. The molecule has 4 N–H and O–H groups in total. The van der Waals surface area contributed by atoms with Crippen LogP contribution in [0.15, 0.2) is 78.9 Å². The van der Waals surface area contributed by atoms with Crippen LogP contribution >= 0.6 is 0 Å². The molecule has 1 aliphatic rings. The van der Waals surface area contributed by atoms with Crippen molar-refractivity contribution in [1.29, 1.82) is 0 Å². The second-order valence-corrected chi connectivity index (χ2v) is 11.2. The first-order valence-electron chi connectivity index (χ1n) is 14.7. The number of aliphatic hydroxyl groups excluding tert-OH is 1. The van der Waals surface area contributed by atoms with Crippen LogP contribution in [0.4, 0.5) is 0 Å². The van der Waals surface area contributed by atoms with Gasteiger partial charge in [-0.05, 0) is 68.0 Å². The molecule has 3 aromatic rings. The van der Waals surface area contributed by atoms with E-state index in [2.05, 4.69) is 16.0 Å². The molecule has 0 saturated heterocycles. The Morgan fingerprint density at radius 2 is 1.56 bits per heavy atom. The van der Waals surface area contributed by atoms with Crippen LogP contribution in [0.1, 0.15) is 58.8 Å². The van der Waals surface area contributed by atoms with Crippen molar-refractivity contribution in [2.75, 3.05) is 19.6 Å². The minimum Gasteiger partial charge on any atom is -0.391 e. The summed E-state index contributed by atoms with van der Waals surface area (Å²) >= 11 is 0. The van der Waals surface area contributed by atoms with Gasteiger partial charge in [-0.1, -0.05) is 66.7 Å². The second-order valence-electron chi connectivity index (χ2n) is 11.2. The molecule has 0 saturated carbocycles. The van der Waals surface area contributed by atoms with Crippen molar-refractivity contribution in [1.82, 2.24) is 20.9 Å². The lowest BCUT2D eigenvalue weighted by Crippen LogP contribution is -2.56. The van der Waals surface area contributed by atoms with E-state index < -0.39 is 35.9 Å². The third-order valence-corrected chi connectivity index (χ3v) is 7.65. The molecule has 3 aromatic carbocycles. The van der Waals surface area contributed by atoms with Gasteiger partial charge in [0.05, 0.1) is 18.6 Å². The number of fused-ring (bicyclic) bond motifs is 2. The highest BCUT2D eigenvalue weighted by Crippen LogP contribution is 2.27. The first kappa shape index (κ1) is 31.4. The van der Waals surface area contributed by atoms with Crippen LogP contribution in [-0.4, -0.2) is 71.5 Å². The smallest absolute Gasteiger partial charge is 0.252 e. The molecule has 4 amide bonds. The Morgan fingerprint density at radius 3 is 2.16 bits per heavy atom. The molecule has 1 heterocycles. The van der Waals surface area contributed by atoms with Crippen LogP contribution in [0, 0.1) is 6.92 Å². The van der Waals surface area contributed by atoms with Crippen LogP contribution in [0.3, 0.4) is 0 Å².